The number of ether oxygens (including phenoxy) is 1. The molecule has 1 fully saturated rings. The normalized spacial score (nSPS) is 15.9. The average Bonchev–Trinajstić information content (AvgIpc) is 2.71. The zero-order chi connectivity index (χ0) is 20.3. The monoisotopic (exact) mass is 396 g/mol. The van der Waals surface area contributed by atoms with Crippen molar-refractivity contribution in [1.29, 1.82) is 0 Å². The van der Waals surface area contributed by atoms with E-state index in [2.05, 4.69) is 4.74 Å². The van der Waals surface area contributed by atoms with Crippen molar-refractivity contribution in [2.24, 2.45) is 0 Å². The molecule has 148 valence electrons. The van der Waals surface area contributed by atoms with Gasteiger partial charge < -0.3 is 4.74 Å². The van der Waals surface area contributed by atoms with Crippen molar-refractivity contribution in [2.45, 2.75) is 38.0 Å². The summed E-state index contributed by atoms with van der Waals surface area (Å²) in [5.74, 6) is -10.5. The molecule has 2 nitrogen and oxygen atoms in total. The van der Waals surface area contributed by atoms with Gasteiger partial charge in [-0.05, 0) is 24.3 Å². The summed E-state index contributed by atoms with van der Waals surface area (Å²) in [6.07, 6.45) is 5.55. The zero-order valence-electron chi connectivity index (χ0n) is 14.8. The van der Waals surface area contributed by atoms with Crippen molar-refractivity contribution in [3.05, 3.63) is 70.8 Å². The Kier molecular flexibility index (Phi) is 6.11. The van der Waals surface area contributed by atoms with Gasteiger partial charge in [-0.3, -0.25) is 0 Å². The zero-order valence-corrected chi connectivity index (χ0v) is 14.8. The van der Waals surface area contributed by atoms with Gasteiger partial charge in [0, 0.05) is 17.7 Å². The third-order valence-electron chi connectivity index (χ3n) is 4.78. The SMILES string of the molecule is O=C(Oc1cc(F)c(F)c(F)c1)/C(F)=C(\F)c1ccc(C2CCCCC2)cc1. The first-order valence-electron chi connectivity index (χ1n) is 8.89. The second-order valence-electron chi connectivity index (χ2n) is 6.68. The van der Waals surface area contributed by atoms with Crippen LogP contribution in [0.2, 0.25) is 0 Å². The smallest absolute Gasteiger partial charge is 0.375 e. The third kappa shape index (κ3) is 4.40. The number of carbonyl (C=O) groups excluding carboxylic acids is 1. The average molecular weight is 396 g/mol. The van der Waals surface area contributed by atoms with Crippen molar-refractivity contribution in [3.63, 3.8) is 0 Å². The van der Waals surface area contributed by atoms with E-state index in [1.165, 1.54) is 18.6 Å². The molecule has 0 unspecified atom stereocenters. The molecule has 2 aromatic carbocycles. The summed E-state index contributed by atoms with van der Waals surface area (Å²) in [7, 11) is 0. The minimum absolute atomic E-state index is 0.162. The fourth-order valence-corrected chi connectivity index (χ4v) is 3.30. The molecule has 0 N–H and O–H groups in total. The van der Waals surface area contributed by atoms with E-state index in [1.54, 1.807) is 12.1 Å². The topological polar surface area (TPSA) is 26.3 Å². The van der Waals surface area contributed by atoms with E-state index in [0.29, 0.717) is 18.1 Å². The molecule has 0 saturated heterocycles. The minimum atomic E-state index is -1.85. The Morgan fingerprint density at radius 2 is 1.46 bits per heavy atom. The van der Waals surface area contributed by atoms with Crippen molar-refractivity contribution in [3.8, 4) is 5.75 Å². The van der Waals surface area contributed by atoms with Gasteiger partial charge in [-0.25, -0.2) is 22.4 Å². The van der Waals surface area contributed by atoms with E-state index in [0.717, 1.165) is 31.2 Å². The first-order chi connectivity index (χ1) is 13.4. The van der Waals surface area contributed by atoms with Gasteiger partial charge in [-0.2, -0.15) is 4.39 Å². The van der Waals surface area contributed by atoms with Crippen molar-refractivity contribution in [2.75, 3.05) is 0 Å². The number of benzene rings is 2. The van der Waals surface area contributed by atoms with E-state index < -0.39 is 40.8 Å². The number of rotatable bonds is 4. The van der Waals surface area contributed by atoms with Crippen LogP contribution in [0.25, 0.3) is 5.83 Å². The Balaban J connectivity index is 1.75. The highest BCUT2D eigenvalue weighted by Crippen LogP contribution is 2.33. The molecular formula is C21H17F5O2. The van der Waals surface area contributed by atoms with E-state index in [-0.39, 0.29) is 5.56 Å². The molecule has 28 heavy (non-hydrogen) atoms. The molecule has 1 aliphatic rings. The van der Waals surface area contributed by atoms with Crippen LogP contribution in [0.1, 0.15) is 49.1 Å². The first kappa shape index (κ1) is 20.0. The van der Waals surface area contributed by atoms with Crippen LogP contribution in [-0.4, -0.2) is 5.97 Å². The Bertz CT molecular complexity index is 877. The molecule has 0 amide bonds. The molecule has 0 spiro atoms. The molecule has 0 atom stereocenters. The fraction of sp³-hybridized carbons (Fsp3) is 0.286. The Labute approximate surface area is 158 Å². The number of hydrogen-bond donors (Lipinski definition) is 0. The summed E-state index contributed by atoms with van der Waals surface area (Å²) in [6.45, 7) is 0. The Hall–Kier alpha value is -2.70. The van der Waals surface area contributed by atoms with Crippen molar-refractivity contribution in [1.82, 2.24) is 0 Å². The highest BCUT2D eigenvalue weighted by molar-refractivity contribution is 5.94. The van der Waals surface area contributed by atoms with Crippen LogP contribution in [-0.2, 0) is 4.79 Å². The molecule has 2 aromatic rings. The Morgan fingerprint density at radius 3 is 2.04 bits per heavy atom. The minimum Gasteiger partial charge on any atom is -0.421 e. The van der Waals surface area contributed by atoms with E-state index >= 15 is 0 Å². The van der Waals surface area contributed by atoms with Gasteiger partial charge in [0.1, 0.15) is 5.75 Å². The van der Waals surface area contributed by atoms with Gasteiger partial charge in [0.15, 0.2) is 23.3 Å². The Morgan fingerprint density at radius 1 is 0.893 bits per heavy atom. The van der Waals surface area contributed by atoms with Gasteiger partial charge >= 0.3 is 5.97 Å². The summed E-state index contributed by atoms with van der Waals surface area (Å²) < 4.78 is 71.9. The lowest BCUT2D eigenvalue weighted by Crippen LogP contribution is -2.10. The fourth-order valence-electron chi connectivity index (χ4n) is 3.30. The van der Waals surface area contributed by atoms with Crippen molar-refractivity contribution >= 4 is 11.8 Å². The molecule has 0 heterocycles. The highest BCUT2D eigenvalue weighted by atomic mass is 19.2. The predicted octanol–water partition coefficient (Wildman–Crippen LogP) is 6.36. The van der Waals surface area contributed by atoms with E-state index in [4.69, 9.17) is 0 Å². The molecule has 0 aliphatic heterocycles. The number of esters is 1. The van der Waals surface area contributed by atoms with Crippen LogP contribution in [0.3, 0.4) is 0 Å². The van der Waals surface area contributed by atoms with Crippen LogP contribution < -0.4 is 4.74 Å². The van der Waals surface area contributed by atoms with Gasteiger partial charge in [-0.15, -0.1) is 0 Å². The van der Waals surface area contributed by atoms with Crippen LogP contribution in [0.15, 0.2) is 42.2 Å². The molecule has 1 aliphatic carbocycles. The summed E-state index contributed by atoms with van der Waals surface area (Å²) in [6, 6.07) is 6.83. The van der Waals surface area contributed by atoms with Crippen LogP contribution in [0, 0.1) is 17.5 Å². The molecule has 0 bridgehead atoms. The van der Waals surface area contributed by atoms with E-state index in [1.807, 2.05) is 0 Å². The quantitative estimate of drug-likeness (QED) is 0.197. The molecule has 3 rings (SSSR count). The summed E-state index contributed by atoms with van der Waals surface area (Å²) in [4.78, 5) is 11.7. The maximum absolute atomic E-state index is 14.3. The van der Waals surface area contributed by atoms with Gasteiger partial charge in [0.05, 0.1) is 0 Å². The molecular weight excluding hydrogens is 379 g/mol. The summed E-state index contributed by atoms with van der Waals surface area (Å²) in [5, 5.41) is 0. The lowest BCUT2D eigenvalue weighted by molar-refractivity contribution is -0.131. The highest BCUT2D eigenvalue weighted by Gasteiger charge is 2.22. The molecule has 1 saturated carbocycles. The second-order valence-corrected chi connectivity index (χ2v) is 6.68. The molecule has 0 aromatic heterocycles. The van der Waals surface area contributed by atoms with Crippen LogP contribution >= 0.6 is 0 Å². The third-order valence-corrected chi connectivity index (χ3v) is 4.78. The summed E-state index contributed by atoms with van der Waals surface area (Å²) in [5.41, 5.74) is 0.863. The number of halogens is 5. The van der Waals surface area contributed by atoms with Crippen LogP contribution in [0.4, 0.5) is 22.0 Å². The maximum atomic E-state index is 14.3. The predicted molar refractivity (Wildman–Crippen MR) is 93.4 cm³/mol. The number of carbonyl (C=O) groups is 1. The first-order valence-corrected chi connectivity index (χ1v) is 8.89. The summed E-state index contributed by atoms with van der Waals surface area (Å²) >= 11 is 0. The molecule has 0 radical (unpaired) electrons. The lowest BCUT2D eigenvalue weighted by Gasteiger charge is -2.22. The largest absolute Gasteiger partial charge is 0.421 e. The lowest BCUT2D eigenvalue weighted by atomic mass is 9.84. The van der Waals surface area contributed by atoms with Crippen molar-refractivity contribution < 1.29 is 31.5 Å². The van der Waals surface area contributed by atoms with Gasteiger partial charge in [0.25, 0.3) is 0 Å². The van der Waals surface area contributed by atoms with Gasteiger partial charge in [0.2, 0.25) is 5.83 Å². The van der Waals surface area contributed by atoms with Gasteiger partial charge in [-0.1, -0.05) is 43.5 Å². The molecule has 7 heteroatoms. The standard InChI is InChI=1S/C21H17F5O2/c22-16-10-15(11-17(23)19(16)25)28-21(27)20(26)18(24)14-8-6-13(7-9-14)12-4-2-1-3-5-12/h6-12H,1-5H2/b20-18+. The van der Waals surface area contributed by atoms with Crippen LogP contribution in [0.5, 0.6) is 5.75 Å². The second kappa shape index (κ2) is 8.54. The maximum Gasteiger partial charge on any atom is 0.375 e. The number of hydrogen-bond acceptors (Lipinski definition) is 2. The van der Waals surface area contributed by atoms with E-state index in [9.17, 15) is 26.7 Å².